The van der Waals surface area contributed by atoms with Gasteiger partial charge in [0.25, 0.3) is 8.32 Å². The van der Waals surface area contributed by atoms with Crippen molar-refractivity contribution in [3.05, 3.63) is 130 Å². The van der Waals surface area contributed by atoms with E-state index in [1.165, 1.54) is 16.5 Å². The molecule has 0 spiro atoms. The van der Waals surface area contributed by atoms with E-state index in [0.29, 0.717) is 30.2 Å². The van der Waals surface area contributed by atoms with Gasteiger partial charge in [0, 0.05) is 5.92 Å². The summed E-state index contributed by atoms with van der Waals surface area (Å²) in [6, 6.07) is 32.3. The first-order valence-corrected chi connectivity index (χ1v) is 22.2. The van der Waals surface area contributed by atoms with E-state index < -0.39 is 27.3 Å². The first kappa shape index (κ1) is 40.9. The zero-order valence-electron chi connectivity index (χ0n) is 33.0. The largest absolute Gasteiger partial charge is 0.508 e. The lowest BCUT2D eigenvalue weighted by Gasteiger charge is -2.44. The quantitative estimate of drug-likeness (QED) is 0.0775. The molecule has 0 saturated carbocycles. The molecule has 296 valence electrons. The molecule has 0 aromatic heterocycles. The first-order chi connectivity index (χ1) is 27.3. The van der Waals surface area contributed by atoms with Gasteiger partial charge in [-0.1, -0.05) is 130 Å². The number of fused-ring (bicyclic) bond motifs is 3. The minimum atomic E-state index is -2.97. The van der Waals surface area contributed by atoms with Crippen LogP contribution in [-0.2, 0) is 18.8 Å². The van der Waals surface area contributed by atoms with Gasteiger partial charge in [0.05, 0.1) is 41.9 Å². The number of phenolic OH excluding ortho intramolecular Hbond substituents is 1. The Bertz CT molecular complexity index is 2130. The van der Waals surface area contributed by atoms with Gasteiger partial charge in [-0.05, 0) is 93.6 Å². The minimum Gasteiger partial charge on any atom is -0.508 e. The zero-order chi connectivity index (χ0) is 40.5. The van der Waals surface area contributed by atoms with Crippen LogP contribution in [0.5, 0.6) is 5.75 Å². The molecule has 11 heteroatoms. The number of imide groups is 1. The van der Waals surface area contributed by atoms with Crippen molar-refractivity contribution in [1.29, 1.82) is 0 Å². The van der Waals surface area contributed by atoms with Crippen LogP contribution in [0.2, 0.25) is 10.1 Å². The first-order valence-electron chi connectivity index (χ1n) is 19.9. The number of allylic oxidation sites excluding steroid dienone is 1. The van der Waals surface area contributed by atoms with Crippen LogP contribution >= 0.6 is 11.6 Å². The average Bonchev–Trinajstić information content (AvgIpc) is 3.73. The number of aromatic hydroxyl groups is 1. The molecule has 7 rings (SSSR count). The summed E-state index contributed by atoms with van der Waals surface area (Å²) < 4.78 is 14.2. The highest BCUT2D eigenvalue weighted by Crippen LogP contribution is 2.51. The van der Waals surface area contributed by atoms with Crippen molar-refractivity contribution >= 4 is 66.5 Å². The second-order valence-electron chi connectivity index (χ2n) is 16.6. The lowest BCUT2D eigenvalue weighted by atomic mass is 9.69. The molecule has 8 nitrogen and oxygen atoms in total. The molecule has 2 aliphatic heterocycles. The molecule has 1 aliphatic carbocycles. The Labute approximate surface area is 342 Å². The van der Waals surface area contributed by atoms with Crippen molar-refractivity contribution in [2.75, 3.05) is 18.1 Å². The number of benzene rings is 4. The second-order valence-corrected chi connectivity index (χ2v) is 21.3. The van der Waals surface area contributed by atoms with E-state index in [1.54, 1.807) is 30.3 Å². The maximum atomic E-state index is 14.5. The van der Waals surface area contributed by atoms with Crippen molar-refractivity contribution < 1.29 is 33.9 Å². The summed E-state index contributed by atoms with van der Waals surface area (Å²) >= 11 is 6.52. The van der Waals surface area contributed by atoms with Gasteiger partial charge in [0.1, 0.15) is 5.75 Å². The van der Waals surface area contributed by atoms with Crippen LogP contribution in [-0.4, -0.2) is 61.7 Å². The Morgan fingerprint density at radius 1 is 0.912 bits per heavy atom. The number of carbonyl (C=O) groups excluding carboxylic acids is 2. The molecule has 2 saturated heterocycles. The molecule has 0 bridgehead atoms. The van der Waals surface area contributed by atoms with Crippen LogP contribution < -0.4 is 20.7 Å². The number of amides is 2. The van der Waals surface area contributed by atoms with E-state index >= 15 is 0 Å². The Morgan fingerprint density at radius 3 is 2.21 bits per heavy atom. The Hall–Kier alpha value is -4.29. The molecule has 3 aliphatic rings. The van der Waals surface area contributed by atoms with Gasteiger partial charge in [0.2, 0.25) is 11.8 Å². The molecule has 4 aromatic carbocycles. The topological polar surface area (TPSA) is 117 Å². The molecule has 4 aromatic rings. The predicted octanol–water partition coefficient (Wildman–Crippen LogP) is 6.79. The van der Waals surface area contributed by atoms with Crippen LogP contribution in [0.15, 0.2) is 120 Å². The number of carbonyl (C=O) groups is 2. The monoisotopic (exact) mass is 803 g/mol. The molecular formula is C46H51BClNO7Si. The summed E-state index contributed by atoms with van der Waals surface area (Å²) in [6.07, 6.45) is 5.40. The summed E-state index contributed by atoms with van der Waals surface area (Å²) in [5.74, 6) is -2.00. The molecule has 4 atom stereocenters. The standard InChI is InChI=1S/C46H51BClNO7Si/c1-5-13-30(24-31-21-22-35(50)27-40(31)48)20-23-41-42-32(28-56-57(46(2,3)4,36-16-8-6-9-17-36)37-18-10-7-11-19-37)25-38-43(39(42)29-55-41)45(52)49(44(38)51)34-15-12-14-33(26-34)47(53)54/h6-12,14-19,21-22,24,26-27,38-39,41,43,50,53-54H,5,13,20,23,25,28-29H2,1-4H3/b30-24+/t38-,39+,41-,43-/m1/s1. The van der Waals surface area contributed by atoms with Gasteiger partial charge in [-0.15, -0.1) is 0 Å². The Balaban J connectivity index is 1.28. The summed E-state index contributed by atoms with van der Waals surface area (Å²) in [5.41, 5.74) is 4.66. The van der Waals surface area contributed by atoms with E-state index in [0.717, 1.165) is 46.3 Å². The van der Waals surface area contributed by atoms with E-state index in [9.17, 15) is 24.7 Å². The number of ether oxygens (including phenoxy) is 1. The van der Waals surface area contributed by atoms with Crippen LogP contribution in [0.25, 0.3) is 6.08 Å². The maximum absolute atomic E-state index is 14.5. The molecule has 3 N–H and O–H groups in total. The van der Waals surface area contributed by atoms with Gasteiger partial charge in [-0.2, -0.15) is 0 Å². The third-order valence-corrected chi connectivity index (χ3v) is 17.3. The predicted molar refractivity (Wildman–Crippen MR) is 229 cm³/mol. The van der Waals surface area contributed by atoms with E-state index in [1.807, 2.05) is 18.2 Å². The van der Waals surface area contributed by atoms with Crippen molar-refractivity contribution in [1.82, 2.24) is 0 Å². The maximum Gasteiger partial charge on any atom is 0.488 e. The van der Waals surface area contributed by atoms with Gasteiger partial charge < -0.3 is 24.3 Å². The molecule has 0 unspecified atom stereocenters. The lowest BCUT2D eigenvalue weighted by Crippen LogP contribution is -2.66. The molecule has 0 radical (unpaired) electrons. The third kappa shape index (κ3) is 7.96. The van der Waals surface area contributed by atoms with Crippen molar-refractivity contribution in [2.45, 2.75) is 70.9 Å². The van der Waals surface area contributed by atoms with Gasteiger partial charge in [0.15, 0.2) is 0 Å². The summed E-state index contributed by atoms with van der Waals surface area (Å²) in [5, 5.41) is 32.3. The molecule has 2 amide bonds. The van der Waals surface area contributed by atoms with Gasteiger partial charge in [-0.25, -0.2) is 0 Å². The van der Waals surface area contributed by atoms with E-state index in [2.05, 4.69) is 82.3 Å². The third-order valence-electron chi connectivity index (χ3n) is 12.0. The summed E-state index contributed by atoms with van der Waals surface area (Å²) in [6.45, 7) is 9.47. The van der Waals surface area contributed by atoms with E-state index in [-0.39, 0.29) is 46.7 Å². The lowest BCUT2D eigenvalue weighted by molar-refractivity contribution is -0.122. The van der Waals surface area contributed by atoms with E-state index in [4.69, 9.17) is 20.8 Å². The van der Waals surface area contributed by atoms with Gasteiger partial charge >= 0.3 is 7.12 Å². The summed E-state index contributed by atoms with van der Waals surface area (Å²) in [4.78, 5) is 30.1. The molecule has 2 heterocycles. The molecular weight excluding hydrogens is 753 g/mol. The number of hydrogen-bond acceptors (Lipinski definition) is 7. The van der Waals surface area contributed by atoms with Crippen LogP contribution in [0.4, 0.5) is 5.69 Å². The normalized spacial score (nSPS) is 21.2. The van der Waals surface area contributed by atoms with Crippen molar-refractivity contribution in [3.63, 3.8) is 0 Å². The SMILES string of the molecule is CCC/C(=C\c1ccc(O)cc1Cl)CC[C@H]1OC[C@H]2C1=C(CO[Si](c1ccccc1)(c1ccccc1)C(C)(C)C)C[C@H]1C(=O)N(c3cccc(B(O)O)c3)C(=O)[C@H]12. The Kier molecular flexibility index (Phi) is 12.1. The van der Waals surface area contributed by atoms with Crippen molar-refractivity contribution in [2.24, 2.45) is 17.8 Å². The van der Waals surface area contributed by atoms with Crippen LogP contribution in [0, 0.1) is 17.8 Å². The second kappa shape index (κ2) is 16.9. The highest BCUT2D eigenvalue weighted by atomic mass is 35.5. The number of halogens is 1. The minimum absolute atomic E-state index is 0.118. The average molecular weight is 804 g/mol. The van der Waals surface area contributed by atoms with Crippen LogP contribution in [0.3, 0.4) is 0 Å². The highest BCUT2D eigenvalue weighted by molar-refractivity contribution is 6.99. The number of hydrogen-bond donors (Lipinski definition) is 3. The van der Waals surface area contributed by atoms with Crippen LogP contribution in [0.1, 0.15) is 65.4 Å². The number of phenols is 1. The smallest absolute Gasteiger partial charge is 0.488 e. The molecule has 57 heavy (non-hydrogen) atoms. The fraction of sp³-hybridized carbons (Fsp3) is 0.348. The molecule has 2 fully saturated rings. The fourth-order valence-corrected chi connectivity index (χ4v) is 14.2. The highest BCUT2D eigenvalue weighted by Gasteiger charge is 2.58. The number of nitrogens with zero attached hydrogens (tertiary/aromatic N) is 1. The Morgan fingerprint density at radius 2 is 1.60 bits per heavy atom. The summed E-state index contributed by atoms with van der Waals surface area (Å²) in [7, 11) is -4.71. The van der Waals surface area contributed by atoms with Crippen molar-refractivity contribution in [3.8, 4) is 5.75 Å². The van der Waals surface area contributed by atoms with Gasteiger partial charge in [-0.3, -0.25) is 14.5 Å². The number of rotatable bonds is 13. The number of anilines is 1. The zero-order valence-corrected chi connectivity index (χ0v) is 34.8. The fourth-order valence-electron chi connectivity index (χ4n) is 9.40.